The lowest BCUT2D eigenvalue weighted by Gasteiger charge is -2.45. The SMILES string of the molecule is COc1cccc(F)c1-c1c(F)cc2c(Cl)c([N+](=O)[O-])c(=O)n(-c3c(C(C)C)ncnc3C(C)C)c2c1F.COc1cccc(F)c1-c1c(F)cc2c(N3C[C@@H](C)N(C(=O)OC(C)(C)C)C[C@@H]3CO)c([N+](=O)[O-])c(=O)n(-c3c(C(C)C)ncnc3C(C)C)c2c1F.C[C@@H]1CN[C@@H](CO)CN1C(=O)OC(C)(C)C. The third-order valence-electron chi connectivity index (χ3n) is 17.7. The Morgan fingerprint density at radius 3 is 1.35 bits per heavy atom. The van der Waals surface area contributed by atoms with Gasteiger partial charge in [0.1, 0.15) is 69.3 Å². The predicted molar refractivity (Wildman–Crippen MR) is 391 cm³/mol. The normalized spacial score (nSPS) is 16.3. The van der Waals surface area contributed by atoms with E-state index < -0.39 is 170 Å². The molecule has 10 rings (SSSR count). The fourth-order valence-electron chi connectivity index (χ4n) is 12.8. The van der Waals surface area contributed by atoms with Crippen LogP contribution in [0.15, 0.2) is 70.8 Å². The van der Waals surface area contributed by atoms with Gasteiger partial charge in [0.2, 0.25) is 0 Å². The molecule has 0 unspecified atom stereocenters. The third-order valence-corrected chi connectivity index (χ3v) is 18.1. The van der Waals surface area contributed by atoms with E-state index in [9.17, 15) is 48.9 Å². The van der Waals surface area contributed by atoms with Gasteiger partial charge in [0, 0.05) is 55.1 Å². The molecule has 0 spiro atoms. The van der Waals surface area contributed by atoms with Gasteiger partial charge in [-0.25, -0.2) is 55.9 Å². The number of carbonyl (C=O) groups is 2. The molecule has 2 aliphatic heterocycles. The number of pyridine rings is 2. The molecule has 4 aromatic heterocycles. The first-order valence-corrected chi connectivity index (χ1v) is 34.7. The number of hydrogen-bond acceptors (Lipinski definition) is 20. The molecule has 0 bridgehead atoms. The molecular formula is C74H87ClF6N12O14. The number of carbonyl (C=O) groups excluding carboxylic acids is 2. The van der Waals surface area contributed by atoms with Crippen LogP contribution in [-0.2, 0) is 9.47 Å². The Bertz CT molecular complexity index is 4820. The largest absolute Gasteiger partial charge is 0.496 e. The number of benzene rings is 4. The maximum Gasteiger partial charge on any atom is 0.410 e. The number of nitro groups is 2. The van der Waals surface area contributed by atoms with Gasteiger partial charge in [-0.05, 0) is 115 Å². The standard InChI is InChI=1S/C37H43F3N6O7.C26H22ClF3N4O4.C11H22N2O3/c1-18(2)29-33(30(19(3)4)42-17-41-29)45-31-22(13-24(39)27(28(31)40)26-23(38)11-10-12-25(26)52-9)32(34(35(45)48)46(50)51)44-14-20(5)43(15-21(44)16-47)36(49)53-37(6,7)8;1-11(2)21-25(22(12(3)4)32-10-31-21)33-23-13(19(27)24(26(33)35)34(36)37)9-15(29)18(20(23)30)17-14(28)7-6-8-16(17)38-5;1-8-5-12-9(7-14)6-13(8)10(15)16-11(2,3)4/h10-13,17-21,47H,14-16H2,1-9H3;6-12H,1-5H3;8-9,12,14H,5-7H2,1-4H3/t20-,21-;;8-,9-/m1.1/s1. The molecule has 3 N–H and O–H groups in total. The van der Waals surface area contributed by atoms with Crippen LogP contribution in [-0.4, -0.2) is 160 Å². The first kappa shape index (κ1) is 82.6. The van der Waals surface area contributed by atoms with Crippen molar-refractivity contribution in [3.8, 4) is 45.1 Å². The quantitative estimate of drug-likeness (QED) is 0.0488. The molecule has 6 heterocycles. The van der Waals surface area contributed by atoms with E-state index in [0.29, 0.717) is 13.1 Å². The number of amides is 2. The highest BCUT2D eigenvalue weighted by molar-refractivity contribution is 6.37. The number of fused-ring (bicyclic) bond motifs is 2. The Kier molecular flexibility index (Phi) is 25.5. The minimum Gasteiger partial charge on any atom is -0.496 e. The minimum atomic E-state index is -1.41. The van der Waals surface area contributed by atoms with E-state index in [4.69, 9.17) is 35.7 Å². The summed E-state index contributed by atoms with van der Waals surface area (Å²) < 4.78 is 120. The van der Waals surface area contributed by atoms with Crippen molar-refractivity contribution in [2.24, 2.45) is 0 Å². The summed E-state index contributed by atoms with van der Waals surface area (Å²) in [4.78, 5) is 98.2. The number of anilines is 1. The lowest BCUT2D eigenvalue weighted by molar-refractivity contribution is -0.386. The van der Waals surface area contributed by atoms with E-state index in [2.05, 4.69) is 25.3 Å². The molecule has 4 atom stereocenters. The number of ether oxygens (including phenoxy) is 4. The highest BCUT2D eigenvalue weighted by Gasteiger charge is 2.44. The average Bonchev–Trinajstić information content (AvgIpc) is 0.719. The molecule has 0 radical (unpaired) electrons. The Labute approximate surface area is 617 Å². The van der Waals surface area contributed by atoms with Gasteiger partial charge in [-0.3, -0.25) is 39.0 Å². The average molecular weight is 1520 g/mol. The number of aliphatic hydroxyl groups is 2. The van der Waals surface area contributed by atoms with Crippen molar-refractivity contribution in [1.29, 1.82) is 0 Å². The Balaban J connectivity index is 0.000000231. The highest BCUT2D eigenvalue weighted by Crippen LogP contribution is 2.47. The van der Waals surface area contributed by atoms with Gasteiger partial charge in [-0.2, -0.15) is 0 Å². The van der Waals surface area contributed by atoms with Gasteiger partial charge < -0.3 is 49.2 Å². The van der Waals surface area contributed by atoms with Crippen LogP contribution in [0.3, 0.4) is 0 Å². The molecule has 2 aliphatic rings. The number of rotatable bonds is 15. The summed E-state index contributed by atoms with van der Waals surface area (Å²) >= 11 is 6.22. The molecule has 576 valence electrons. The molecule has 26 nitrogen and oxygen atoms in total. The highest BCUT2D eigenvalue weighted by atomic mass is 35.5. The fraction of sp³-hybridized carbons (Fsp3) is 0.459. The first-order valence-electron chi connectivity index (χ1n) is 34.3. The monoisotopic (exact) mass is 1520 g/mol. The molecule has 2 saturated heterocycles. The summed E-state index contributed by atoms with van der Waals surface area (Å²) in [6.07, 6.45) is 1.54. The summed E-state index contributed by atoms with van der Waals surface area (Å²) in [6, 6.07) is 6.99. The Morgan fingerprint density at radius 1 is 0.579 bits per heavy atom. The first-order chi connectivity index (χ1) is 50.1. The van der Waals surface area contributed by atoms with Gasteiger partial charge in [-0.15, -0.1) is 0 Å². The number of aromatic nitrogens is 6. The fourth-order valence-corrected chi connectivity index (χ4v) is 13.1. The van der Waals surface area contributed by atoms with E-state index in [1.165, 1.54) is 60.9 Å². The number of halogens is 7. The molecule has 2 amide bonds. The summed E-state index contributed by atoms with van der Waals surface area (Å²) in [5, 5.41) is 46.2. The zero-order valence-corrected chi connectivity index (χ0v) is 63.2. The van der Waals surface area contributed by atoms with E-state index in [1.807, 2.05) is 27.7 Å². The zero-order valence-electron chi connectivity index (χ0n) is 62.5. The van der Waals surface area contributed by atoms with E-state index in [1.54, 1.807) is 88.0 Å². The maximum absolute atomic E-state index is 17.6. The van der Waals surface area contributed by atoms with Crippen molar-refractivity contribution in [3.05, 3.63) is 165 Å². The molecule has 0 saturated carbocycles. The van der Waals surface area contributed by atoms with Crippen molar-refractivity contribution >= 4 is 62.7 Å². The van der Waals surface area contributed by atoms with Gasteiger partial charge in [-0.1, -0.05) is 79.1 Å². The molecule has 2 fully saturated rings. The summed E-state index contributed by atoms with van der Waals surface area (Å²) in [6.45, 7) is 28.4. The van der Waals surface area contributed by atoms with Gasteiger partial charge in [0.15, 0.2) is 11.6 Å². The summed E-state index contributed by atoms with van der Waals surface area (Å²) in [5.41, 5.74) is -9.51. The molecule has 8 aromatic rings. The third kappa shape index (κ3) is 16.7. The van der Waals surface area contributed by atoms with Crippen LogP contribution < -0.4 is 30.8 Å². The van der Waals surface area contributed by atoms with Crippen molar-refractivity contribution in [3.63, 3.8) is 0 Å². The number of nitrogens with one attached hydrogen (secondary N) is 1. The van der Waals surface area contributed by atoms with Gasteiger partial charge in [0.05, 0.1) is 111 Å². The minimum absolute atomic E-state index is 0.00391. The second-order valence-corrected chi connectivity index (χ2v) is 29.4. The van der Waals surface area contributed by atoms with Crippen molar-refractivity contribution in [2.45, 2.75) is 170 Å². The number of nitrogens with zero attached hydrogens (tertiary/aromatic N) is 11. The summed E-state index contributed by atoms with van der Waals surface area (Å²) in [5.74, 6) is -9.25. The van der Waals surface area contributed by atoms with E-state index in [-0.39, 0.29) is 95.4 Å². The molecule has 33 heteroatoms. The van der Waals surface area contributed by atoms with Crippen molar-refractivity contribution in [2.75, 3.05) is 58.5 Å². The predicted octanol–water partition coefficient (Wildman–Crippen LogP) is 14.1. The Morgan fingerprint density at radius 2 is 0.972 bits per heavy atom. The zero-order chi connectivity index (χ0) is 79.7. The van der Waals surface area contributed by atoms with E-state index >= 15 is 22.0 Å². The lowest BCUT2D eigenvalue weighted by Crippen LogP contribution is -2.61. The topological polar surface area (TPSA) is 315 Å². The lowest BCUT2D eigenvalue weighted by atomic mass is 9.96. The van der Waals surface area contributed by atoms with Crippen LogP contribution in [0.1, 0.15) is 157 Å². The van der Waals surface area contributed by atoms with Crippen LogP contribution in [0.25, 0.3) is 55.4 Å². The van der Waals surface area contributed by atoms with Crippen molar-refractivity contribution < 1.29 is 74.9 Å². The molecule has 107 heavy (non-hydrogen) atoms. The number of aliphatic hydroxyl groups excluding tert-OH is 2. The van der Waals surface area contributed by atoms with Crippen LogP contribution in [0.4, 0.5) is 53.0 Å². The van der Waals surface area contributed by atoms with Crippen molar-refractivity contribution in [1.82, 2.24) is 44.2 Å². The van der Waals surface area contributed by atoms with Crippen LogP contribution in [0.5, 0.6) is 11.5 Å². The second-order valence-electron chi connectivity index (χ2n) is 29.0. The number of methoxy groups -OCH3 is 2. The summed E-state index contributed by atoms with van der Waals surface area (Å²) in [7, 11) is 2.40. The molecule has 0 aliphatic carbocycles. The van der Waals surface area contributed by atoms with Gasteiger partial charge in [0.25, 0.3) is 0 Å². The maximum atomic E-state index is 17.6. The Hall–Kier alpha value is -10.1. The number of piperazine rings is 2. The molecule has 4 aromatic carbocycles. The number of hydrogen-bond donors (Lipinski definition) is 3. The second kappa shape index (κ2) is 33.0. The van der Waals surface area contributed by atoms with Crippen LogP contribution in [0.2, 0.25) is 5.02 Å². The van der Waals surface area contributed by atoms with E-state index in [0.717, 1.165) is 33.4 Å². The van der Waals surface area contributed by atoms with Crippen LogP contribution in [0, 0.1) is 55.1 Å². The smallest absolute Gasteiger partial charge is 0.410 e. The van der Waals surface area contributed by atoms with Gasteiger partial charge >= 0.3 is 34.7 Å². The molecular weight excluding hydrogens is 1430 g/mol. The van der Waals surface area contributed by atoms with Crippen LogP contribution >= 0.6 is 11.6 Å².